The molecule has 0 aliphatic rings. The van der Waals surface area contributed by atoms with Crippen LogP contribution in [0.1, 0.15) is 5.56 Å². The summed E-state index contributed by atoms with van der Waals surface area (Å²) in [5.41, 5.74) is 6.38. The molecule has 20 heavy (non-hydrogen) atoms. The first-order chi connectivity index (χ1) is 9.32. The molecule has 0 fully saturated rings. The Hall–Kier alpha value is -1.15. The topological polar surface area (TPSA) is 75.9 Å². The second-order valence-corrected chi connectivity index (χ2v) is 6.83. The van der Waals surface area contributed by atoms with Gasteiger partial charge in [-0.2, -0.15) is 4.31 Å². The van der Waals surface area contributed by atoms with Crippen LogP contribution in [0.2, 0.25) is 0 Å². The number of likely N-dealkylation sites (N-methyl/N-ethyl adjacent to an activating group) is 2. The number of hydrogen-bond acceptors (Lipinski definition) is 5. The molecule has 6 nitrogen and oxygen atoms in total. The predicted molar refractivity (Wildman–Crippen MR) is 79.3 cm³/mol. The lowest BCUT2D eigenvalue weighted by molar-refractivity contribution is 0.356. The van der Waals surface area contributed by atoms with Crippen LogP contribution >= 0.6 is 0 Å². The largest absolute Gasteiger partial charge is 0.495 e. The molecule has 0 amide bonds. The van der Waals surface area contributed by atoms with Crippen LogP contribution in [0.3, 0.4) is 0 Å². The molecule has 0 atom stereocenters. The number of hydrogen-bond donors (Lipinski definition) is 1. The highest BCUT2D eigenvalue weighted by Gasteiger charge is 2.24. The summed E-state index contributed by atoms with van der Waals surface area (Å²) in [5.74, 6) is 0.324. The van der Waals surface area contributed by atoms with Crippen molar-refractivity contribution in [3.8, 4) is 5.75 Å². The first-order valence-electron chi connectivity index (χ1n) is 6.31. The summed E-state index contributed by atoms with van der Waals surface area (Å²) in [6, 6.07) is 4.91. The first kappa shape index (κ1) is 16.9. The molecule has 0 spiro atoms. The van der Waals surface area contributed by atoms with Gasteiger partial charge in [0.1, 0.15) is 10.6 Å². The average Bonchev–Trinajstić information content (AvgIpc) is 2.43. The van der Waals surface area contributed by atoms with Crippen molar-refractivity contribution in [2.24, 2.45) is 5.73 Å². The number of rotatable bonds is 7. The van der Waals surface area contributed by atoms with E-state index in [0.717, 1.165) is 5.56 Å². The van der Waals surface area contributed by atoms with Crippen molar-refractivity contribution in [1.82, 2.24) is 9.21 Å². The van der Waals surface area contributed by atoms with Crippen LogP contribution in [-0.4, -0.2) is 59.0 Å². The van der Waals surface area contributed by atoms with E-state index in [1.807, 2.05) is 19.0 Å². The Morgan fingerprint density at radius 3 is 2.35 bits per heavy atom. The van der Waals surface area contributed by atoms with Gasteiger partial charge in [-0.15, -0.1) is 0 Å². The molecular formula is C13H23N3O3S. The molecule has 0 aliphatic heterocycles. The highest BCUT2D eigenvalue weighted by Crippen LogP contribution is 2.27. The molecule has 0 aromatic heterocycles. The molecule has 114 valence electrons. The van der Waals surface area contributed by atoms with Gasteiger partial charge in [-0.25, -0.2) is 8.42 Å². The summed E-state index contributed by atoms with van der Waals surface area (Å²) >= 11 is 0. The maximum absolute atomic E-state index is 12.5. The summed E-state index contributed by atoms with van der Waals surface area (Å²) < 4.78 is 31.5. The van der Waals surface area contributed by atoms with E-state index < -0.39 is 10.0 Å². The third-order valence-electron chi connectivity index (χ3n) is 3.01. The summed E-state index contributed by atoms with van der Waals surface area (Å²) in [5, 5.41) is 0. The van der Waals surface area contributed by atoms with E-state index in [1.165, 1.54) is 11.4 Å². The van der Waals surface area contributed by atoms with Gasteiger partial charge in [0, 0.05) is 26.7 Å². The second kappa shape index (κ2) is 7.03. The van der Waals surface area contributed by atoms with Crippen molar-refractivity contribution in [2.75, 3.05) is 41.3 Å². The quantitative estimate of drug-likeness (QED) is 0.786. The Labute approximate surface area is 121 Å². The number of benzene rings is 1. The van der Waals surface area contributed by atoms with E-state index in [-0.39, 0.29) is 4.90 Å². The molecule has 1 aromatic rings. The van der Waals surface area contributed by atoms with E-state index in [1.54, 1.807) is 25.2 Å². The third kappa shape index (κ3) is 3.92. The second-order valence-electron chi connectivity index (χ2n) is 4.82. The molecule has 0 unspecified atom stereocenters. The van der Waals surface area contributed by atoms with Crippen molar-refractivity contribution < 1.29 is 13.2 Å². The molecule has 7 heteroatoms. The fourth-order valence-electron chi connectivity index (χ4n) is 1.68. The number of ether oxygens (including phenoxy) is 1. The highest BCUT2D eigenvalue weighted by molar-refractivity contribution is 7.89. The van der Waals surface area contributed by atoms with Crippen LogP contribution < -0.4 is 10.5 Å². The van der Waals surface area contributed by atoms with Crippen molar-refractivity contribution in [3.05, 3.63) is 23.8 Å². The molecule has 1 aromatic carbocycles. The molecule has 0 saturated heterocycles. The van der Waals surface area contributed by atoms with Gasteiger partial charge >= 0.3 is 0 Å². The molecular weight excluding hydrogens is 278 g/mol. The van der Waals surface area contributed by atoms with E-state index in [0.29, 0.717) is 25.4 Å². The Balaban J connectivity index is 3.08. The van der Waals surface area contributed by atoms with Crippen molar-refractivity contribution in [2.45, 2.75) is 11.4 Å². The first-order valence-corrected chi connectivity index (χ1v) is 7.75. The van der Waals surface area contributed by atoms with Gasteiger partial charge in [-0.1, -0.05) is 6.07 Å². The van der Waals surface area contributed by atoms with Crippen molar-refractivity contribution >= 4 is 10.0 Å². The van der Waals surface area contributed by atoms with Gasteiger partial charge in [-0.05, 0) is 31.8 Å². The average molecular weight is 301 g/mol. The molecule has 1 rings (SSSR count). The third-order valence-corrected chi connectivity index (χ3v) is 4.91. The summed E-state index contributed by atoms with van der Waals surface area (Å²) in [6.45, 7) is 1.41. The maximum Gasteiger partial charge on any atom is 0.246 e. The van der Waals surface area contributed by atoms with E-state index in [4.69, 9.17) is 10.5 Å². The summed E-state index contributed by atoms with van der Waals surface area (Å²) in [6.07, 6.45) is 0. The fraction of sp³-hybridized carbons (Fsp3) is 0.538. The molecule has 0 heterocycles. The number of nitrogens with two attached hydrogens (primary N) is 1. The molecule has 0 bridgehead atoms. The fourth-order valence-corrected chi connectivity index (χ4v) is 2.98. The lowest BCUT2D eigenvalue weighted by atomic mass is 10.2. The van der Waals surface area contributed by atoms with Gasteiger partial charge < -0.3 is 15.4 Å². The predicted octanol–water partition coefficient (Wildman–Crippen LogP) is 0.336. The van der Waals surface area contributed by atoms with E-state index in [2.05, 4.69) is 0 Å². The van der Waals surface area contributed by atoms with Gasteiger partial charge in [0.2, 0.25) is 10.0 Å². The van der Waals surface area contributed by atoms with Gasteiger partial charge in [-0.3, -0.25) is 0 Å². The minimum Gasteiger partial charge on any atom is -0.495 e. The number of nitrogens with zero attached hydrogens (tertiary/aromatic N) is 2. The van der Waals surface area contributed by atoms with Crippen LogP contribution in [-0.2, 0) is 16.6 Å². The zero-order chi connectivity index (χ0) is 15.3. The number of methoxy groups -OCH3 is 1. The summed E-state index contributed by atoms with van der Waals surface area (Å²) in [4.78, 5) is 2.10. The van der Waals surface area contributed by atoms with Crippen LogP contribution in [0.5, 0.6) is 5.75 Å². The van der Waals surface area contributed by atoms with Crippen LogP contribution in [0.15, 0.2) is 23.1 Å². The molecule has 0 radical (unpaired) electrons. The molecule has 2 N–H and O–H groups in total. The maximum atomic E-state index is 12.5. The van der Waals surface area contributed by atoms with Crippen molar-refractivity contribution in [1.29, 1.82) is 0 Å². The van der Waals surface area contributed by atoms with Crippen molar-refractivity contribution in [3.63, 3.8) is 0 Å². The minimum absolute atomic E-state index is 0.165. The molecule has 0 aliphatic carbocycles. The Kier molecular flexibility index (Phi) is 5.94. The standard InChI is InChI=1S/C13H23N3O3S/c1-15(2)7-8-16(3)20(17,18)13-6-5-11(10-14)9-12(13)19-4/h5-6,9H,7-8,10,14H2,1-4H3. The monoisotopic (exact) mass is 301 g/mol. The normalized spacial score (nSPS) is 12.2. The van der Waals surface area contributed by atoms with Gasteiger partial charge in [0.05, 0.1) is 7.11 Å². The number of sulfonamides is 1. The molecule has 0 saturated carbocycles. The zero-order valence-corrected chi connectivity index (χ0v) is 13.3. The Morgan fingerprint density at radius 2 is 1.85 bits per heavy atom. The zero-order valence-electron chi connectivity index (χ0n) is 12.5. The van der Waals surface area contributed by atoms with Crippen LogP contribution in [0, 0.1) is 0 Å². The minimum atomic E-state index is -3.56. The lowest BCUT2D eigenvalue weighted by Gasteiger charge is -2.21. The van der Waals surface area contributed by atoms with Crippen LogP contribution in [0.4, 0.5) is 0 Å². The smallest absolute Gasteiger partial charge is 0.246 e. The lowest BCUT2D eigenvalue weighted by Crippen LogP contribution is -2.33. The van der Waals surface area contributed by atoms with Crippen LogP contribution in [0.25, 0.3) is 0 Å². The van der Waals surface area contributed by atoms with E-state index in [9.17, 15) is 8.42 Å². The van der Waals surface area contributed by atoms with Gasteiger partial charge in [0.15, 0.2) is 0 Å². The summed E-state index contributed by atoms with van der Waals surface area (Å²) in [7, 11) is 3.26. The highest BCUT2D eigenvalue weighted by atomic mass is 32.2. The van der Waals surface area contributed by atoms with E-state index >= 15 is 0 Å². The van der Waals surface area contributed by atoms with Gasteiger partial charge in [0.25, 0.3) is 0 Å². The Bertz CT molecular complexity index is 544. The Morgan fingerprint density at radius 1 is 1.20 bits per heavy atom. The SMILES string of the molecule is COc1cc(CN)ccc1S(=O)(=O)N(C)CCN(C)C.